The van der Waals surface area contributed by atoms with E-state index in [0.29, 0.717) is 3.57 Å². The molecule has 1 aromatic carbocycles. The molecule has 0 heterocycles. The Morgan fingerprint density at radius 1 is 1.63 bits per heavy atom. The second-order valence-electron chi connectivity index (χ2n) is 3.34. The van der Waals surface area contributed by atoms with Crippen LogP contribution in [0.2, 0.25) is 0 Å². The summed E-state index contributed by atoms with van der Waals surface area (Å²) in [6, 6.07) is 4.42. The van der Waals surface area contributed by atoms with Gasteiger partial charge in [0.15, 0.2) is 0 Å². The molecule has 1 amide bonds. The predicted molar refractivity (Wildman–Crippen MR) is 73.0 cm³/mol. The van der Waals surface area contributed by atoms with Crippen LogP contribution >= 0.6 is 22.6 Å². The highest BCUT2D eigenvalue weighted by Gasteiger charge is 2.20. The number of amides is 1. The normalized spacial score (nSPS) is 9.53. The summed E-state index contributed by atoms with van der Waals surface area (Å²) in [5.41, 5.74) is 1.78. The maximum Gasteiger partial charge on any atom is 0.313 e. The van der Waals surface area contributed by atoms with Crippen molar-refractivity contribution in [3.63, 3.8) is 0 Å². The molecule has 1 rings (SSSR count). The quantitative estimate of drug-likeness (QED) is 0.257. The van der Waals surface area contributed by atoms with E-state index in [1.54, 1.807) is 0 Å². The Labute approximate surface area is 121 Å². The zero-order chi connectivity index (χ0) is 14.4. The van der Waals surface area contributed by atoms with Gasteiger partial charge in [0.2, 0.25) is 11.7 Å². The van der Waals surface area contributed by atoms with E-state index in [1.807, 2.05) is 34.1 Å². The highest BCUT2D eigenvalue weighted by molar-refractivity contribution is 14.1. The molecule has 9 heteroatoms. The van der Waals surface area contributed by atoms with Gasteiger partial charge in [0, 0.05) is 6.07 Å². The first-order valence-electron chi connectivity index (χ1n) is 5.00. The van der Waals surface area contributed by atoms with Gasteiger partial charge in [-0.05, 0) is 28.7 Å². The number of nitro benzene ring substituents is 1. The Morgan fingerprint density at radius 2 is 2.32 bits per heavy atom. The van der Waals surface area contributed by atoms with E-state index in [-0.39, 0.29) is 30.0 Å². The average Bonchev–Trinajstić information content (AvgIpc) is 2.39. The molecular formula is C10H9IN4O4. The van der Waals surface area contributed by atoms with Crippen LogP contribution in [0.1, 0.15) is 12.0 Å². The maximum atomic E-state index is 10.9. The van der Waals surface area contributed by atoms with Crippen LogP contribution in [0, 0.1) is 25.0 Å². The monoisotopic (exact) mass is 376 g/mol. The first-order valence-corrected chi connectivity index (χ1v) is 6.07. The molecule has 0 saturated heterocycles. The number of hydrazine groups is 1. The summed E-state index contributed by atoms with van der Waals surface area (Å²) in [4.78, 5) is 21.2. The van der Waals surface area contributed by atoms with Crippen molar-refractivity contribution in [2.24, 2.45) is 5.84 Å². The number of nitrogens with two attached hydrogens (primary N) is 1. The van der Waals surface area contributed by atoms with Crippen molar-refractivity contribution in [2.75, 3.05) is 6.61 Å². The van der Waals surface area contributed by atoms with Gasteiger partial charge in [-0.3, -0.25) is 20.3 Å². The van der Waals surface area contributed by atoms with Crippen molar-refractivity contribution < 1.29 is 14.5 Å². The number of ether oxygens (including phenoxy) is 1. The molecular weight excluding hydrogens is 367 g/mol. The molecule has 0 saturated carbocycles. The minimum Gasteiger partial charge on any atom is -0.486 e. The van der Waals surface area contributed by atoms with Crippen LogP contribution in [0.3, 0.4) is 0 Å². The van der Waals surface area contributed by atoms with Crippen molar-refractivity contribution in [3.8, 4) is 11.8 Å². The van der Waals surface area contributed by atoms with Crippen molar-refractivity contribution in [3.05, 3.63) is 31.4 Å². The summed E-state index contributed by atoms with van der Waals surface area (Å²) in [6.07, 6.45) is -0.0241. The van der Waals surface area contributed by atoms with Gasteiger partial charge in [0.25, 0.3) is 0 Å². The smallest absolute Gasteiger partial charge is 0.313 e. The van der Waals surface area contributed by atoms with E-state index in [9.17, 15) is 14.9 Å². The fraction of sp³-hybridized carbons (Fsp3) is 0.200. The summed E-state index contributed by atoms with van der Waals surface area (Å²) in [5, 5.41) is 19.7. The van der Waals surface area contributed by atoms with Crippen LogP contribution in [0.15, 0.2) is 12.1 Å². The highest BCUT2D eigenvalue weighted by Crippen LogP contribution is 2.33. The maximum absolute atomic E-state index is 10.9. The van der Waals surface area contributed by atoms with Gasteiger partial charge in [-0.15, -0.1) is 0 Å². The average molecular weight is 376 g/mol. The lowest BCUT2D eigenvalue weighted by Gasteiger charge is -2.08. The van der Waals surface area contributed by atoms with Crippen LogP contribution in [-0.2, 0) is 4.79 Å². The number of nitrogens with one attached hydrogen (secondary N) is 1. The number of nitrogens with zero attached hydrogens (tertiary/aromatic N) is 2. The van der Waals surface area contributed by atoms with Crippen molar-refractivity contribution >= 4 is 34.2 Å². The molecule has 19 heavy (non-hydrogen) atoms. The van der Waals surface area contributed by atoms with Crippen LogP contribution < -0.4 is 16.0 Å². The predicted octanol–water partition coefficient (Wildman–Crippen LogP) is 0.830. The number of hydrogen-bond donors (Lipinski definition) is 2. The zero-order valence-corrected chi connectivity index (χ0v) is 11.7. The number of carbonyl (C=O) groups is 1. The molecule has 0 atom stereocenters. The van der Waals surface area contributed by atoms with E-state index < -0.39 is 10.8 Å². The summed E-state index contributed by atoms with van der Waals surface area (Å²) in [7, 11) is 0. The van der Waals surface area contributed by atoms with Crippen molar-refractivity contribution in [1.29, 1.82) is 5.26 Å². The topological polar surface area (TPSA) is 131 Å². The van der Waals surface area contributed by atoms with Gasteiger partial charge in [-0.2, -0.15) is 5.26 Å². The number of carbonyl (C=O) groups excluding carboxylic acids is 1. The van der Waals surface area contributed by atoms with Crippen LogP contribution in [0.5, 0.6) is 5.75 Å². The lowest BCUT2D eigenvalue weighted by molar-refractivity contribution is -0.386. The molecule has 1 aromatic rings. The molecule has 0 spiro atoms. The van der Waals surface area contributed by atoms with E-state index in [2.05, 4.69) is 0 Å². The fourth-order valence-electron chi connectivity index (χ4n) is 1.24. The number of benzene rings is 1. The van der Waals surface area contributed by atoms with Gasteiger partial charge in [0.1, 0.15) is 0 Å². The van der Waals surface area contributed by atoms with Crippen LogP contribution in [0.25, 0.3) is 0 Å². The zero-order valence-electron chi connectivity index (χ0n) is 9.55. The van der Waals surface area contributed by atoms with Crippen LogP contribution in [-0.4, -0.2) is 17.4 Å². The number of nitro groups is 1. The molecule has 0 unspecified atom stereocenters. The minimum atomic E-state index is -0.638. The lowest BCUT2D eigenvalue weighted by Crippen LogP contribution is -2.31. The van der Waals surface area contributed by atoms with Gasteiger partial charge >= 0.3 is 5.69 Å². The third kappa shape index (κ3) is 4.04. The number of halogens is 1. The third-order valence-corrected chi connectivity index (χ3v) is 2.89. The minimum absolute atomic E-state index is 0.0241. The molecule has 0 aliphatic carbocycles. The molecule has 0 aliphatic rings. The lowest BCUT2D eigenvalue weighted by atomic mass is 10.2. The number of rotatable bonds is 5. The summed E-state index contributed by atoms with van der Waals surface area (Å²) in [5.74, 6) is 4.49. The van der Waals surface area contributed by atoms with Crippen LogP contribution in [0.4, 0.5) is 5.69 Å². The summed E-state index contributed by atoms with van der Waals surface area (Å²) < 4.78 is 5.65. The largest absolute Gasteiger partial charge is 0.486 e. The SMILES string of the molecule is N#Cc1cc(I)c(OCCC(=O)NN)c([N+](=O)[O-])c1. The van der Waals surface area contributed by atoms with E-state index in [4.69, 9.17) is 15.8 Å². The Kier molecular flexibility index (Phi) is 5.46. The fourth-order valence-corrected chi connectivity index (χ4v) is 2.01. The summed E-state index contributed by atoms with van der Waals surface area (Å²) in [6.45, 7) is -0.0498. The second kappa shape index (κ2) is 6.86. The van der Waals surface area contributed by atoms with Gasteiger partial charge in [0.05, 0.1) is 33.2 Å². The molecule has 8 nitrogen and oxygen atoms in total. The summed E-state index contributed by atoms with van der Waals surface area (Å²) >= 11 is 1.83. The Bertz CT molecular complexity index is 555. The molecule has 3 N–H and O–H groups in total. The molecule has 0 aromatic heterocycles. The van der Waals surface area contributed by atoms with E-state index >= 15 is 0 Å². The number of hydrogen-bond acceptors (Lipinski definition) is 6. The van der Waals surface area contributed by atoms with Gasteiger partial charge < -0.3 is 4.74 Å². The highest BCUT2D eigenvalue weighted by atomic mass is 127. The van der Waals surface area contributed by atoms with Crippen molar-refractivity contribution in [2.45, 2.75) is 6.42 Å². The molecule has 0 aliphatic heterocycles. The molecule has 0 bridgehead atoms. The number of nitriles is 1. The Morgan fingerprint density at radius 3 is 2.84 bits per heavy atom. The molecule has 0 radical (unpaired) electrons. The first-order chi connectivity index (χ1) is 8.99. The van der Waals surface area contributed by atoms with Crippen molar-refractivity contribution in [1.82, 2.24) is 5.43 Å². The standard InChI is InChI=1S/C10H9IN4O4/c11-7-3-6(5-12)4-8(15(17)18)10(7)19-2-1-9(16)14-13/h3-4H,1-2,13H2,(H,14,16). The molecule has 100 valence electrons. The molecule has 0 fully saturated rings. The first kappa shape index (κ1) is 15.1. The Balaban J connectivity index is 2.96. The van der Waals surface area contributed by atoms with Gasteiger partial charge in [-0.1, -0.05) is 0 Å². The van der Waals surface area contributed by atoms with E-state index in [0.717, 1.165) is 6.07 Å². The van der Waals surface area contributed by atoms with Gasteiger partial charge in [-0.25, -0.2) is 5.84 Å². The Hall–Kier alpha value is -1.93. The third-order valence-electron chi connectivity index (χ3n) is 2.09. The second-order valence-corrected chi connectivity index (χ2v) is 4.50. The van der Waals surface area contributed by atoms with E-state index in [1.165, 1.54) is 6.07 Å².